The smallest absolute Gasteiger partial charge is 0.250 e. The average Bonchev–Trinajstić information content (AvgIpc) is 2.30. The average molecular weight is 238 g/mol. The van der Waals surface area contributed by atoms with Crippen molar-refractivity contribution >= 4 is 0 Å². The van der Waals surface area contributed by atoms with E-state index in [1.807, 2.05) is 13.8 Å². The van der Waals surface area contributed by atoms with Gasteiger partial charge in [-0.15, -0.1) is 6.58 Å². The van der Waals surface area contributed by atoms with Crippen LogP contribution in [-0.2, 0) is 6.54 Å². The second kappa shape index (κ2) is 7.01. The van der Waals surface area contributed by atoms with E-state index in [0.717, 1.165) is 0 Å². The minimum Gasteiger partial charge on any atom is -0.475 e. The quantitative estimate of drug-likeness (QED) is 0.586. The van der Waals surface area contributed by atoms with E-state index in [4.69, 9.17) is 4.74 Å². The van der Waals surface area contributed by atoms with E-state index in [1.165, 1.54) is 0 Å². The minimum atomic E-state index is -0.385. The van der Waals surface area contributed by atoms with Gasteiger partial charge in [-0.25, -0.2) is 9.37 Å². The van der Waals surface area contributed by atoms with Gasteiger partial charge in [0.1, 0.15) is 0 Å². The first-order chi connectivity index (χ1) is 8.15. The number of hydrogen-bond acceptors (Lipinski definition) is 3. The molecule has 0 atom stereocenters. The van der Waals surface area contributed by atoms with Crippen LogP contribution in [0, 0.1) is 5.82 Å². The van der Waals surface area contributed by atoms with E-state index in [-0.39, 0.29) is 11.7 Å². The second-order valence-corrected chi connectivity index (χ2v) is 4.05. The highest BCUT2D eigenvalue weighted by molar-refractivity contribution is 5.23. The zero-order chi connectivity index (χ0) is 12.7. The largest absolute Gasteiger partial charge is 0.475 e. The van der Waals surface area contributed by atoms with Gasteiger partial charge in [0.15, 0.2) is 5.82 Å². The molecule has 3 nitrogen and oxygen atoms in total. The van der Waals surface area contributed by atoms with E-state index in [1.54, 1.807) is 18.3 Å². The zero-order valence-corrected chi connectivity index (χ0v) is 10.4. The lowest BCUT2D eigenvalue weighted by atomic mass is 10.2. The summed E-state index contributed by atoms with van der Waals surface area (Å²) >= 11 is 0. The summed E-state index contributed by atoms with van der Waals surface area (Å²) in [7, 11) is 0. The lowest BCUT2D eigenvalue weighted by Crippen LogP contribution is -2.22. The molecule has 0 unspecified atom stereocenters. The molecule has 0 radical (unpaired) electrons. The molecule has 0 saturated carbocycles. The molecule has 1 N–H and O–H groups in total. The van der Waals surface area contributed by atoms with Crippen LogP contribution in [0.2, 0.25) is 0 Å². The molecule has 4 heteroatoms. The normalized spacial score (nSPS) is 10.6. The van der Waals surface area contributed by atoms with Crippen LogP contribution in [0.1, 0.15) is 25.8 Å². The molecule has 0 bridgehead atoms. The number of hydrogen-bond donors (Lipinski definition) is 1. The van der Waals surface area contributed by atoms with Crippen LogP contribution in [0.4, 0.5) is 4.39 Å². The summed E-state index contributed by atoms with van der Waals surface area (Å²) in [5.74, 6) is -0.320. The molecule has 1 aromatic heterocycles. The molecule has 0 amide bonds. The fraction of sp³-hybridized carbons (Fsp3) is 0.462. The fourth-order valence-electron chi connectivity index (χ4n) is 1.25. The first kappa shape index (κ1) is 13.6. The van der Waals surface area contributed by atoms with Gasteiger partial charge in [0.2, 0.25) is 0 Å². The van der Waals surface area contributed by atoms with Crippen molar-refractivity contribution < 1.29 is 9.13 Å². The summed E-state index contributed by atoms with van der Waals surface area (Å²) in [5.41, 5.74) is 0.572. The maximum atomic E-state index is 13.9. The van der Waals surface area contributed by atoms with Gasteiger partial charge < -0.3 is 10.1 Å². The maximum absolute atomic E-state index is 13.9. The van der Waals surface area contributed by atoms with Crippen LogP contribution in [0.5, 0.6) is 5.88 Å². The van der Waals surface area contributed by atoms with Crippen LogP contribution >= 0.6 is 0 Å². The van der Waals surface area contributed by atoms with Crippen molar-refractivity contribution in [3.8, 4) is 5.88 Å². The molecule has 1 heterocycles. The standard InChI is InChI=1S/C13H19FN2O/c1-4-5-8-17-13-12(14)11(6-7-15-13)9-16-10(2)3/h4,6-7,10,16H,1,5,8-9H2,2-3H3. The van der Waals surface area contributed by atoms with Crippen molar-refractivity contribution in [2.75, 3.05) is 6.61 Å². The number of pyridine rings is 1. The van der Waals surface area contributed by atoms with Gasteiger partial charge in [0, 0.05) is 24.3 Å². The van der Waals surface area contributed by atoms with Gasteiger partial charge in [-0.2, -0.15) is 0 Å². The van der Waals surface area contributed by atoms with Crippen LogP contribution in [0.3, 0.4) is 0 Å². The zero-order valence-electron chi connectivity index (χ0n) is 10.4. The van der Waals surface area contributed by atoms with Crippen molar-refractivity contribution in [3.05, 3.63) is 36.3 Å². The van der Waals surface area contributed by atoms with Crippen LogP contribution in [0.15, 0.2) is 24.9 Å². The molecule has 0 saturated heterocycles. The number of ether oxygens (including phenoxy) is 1. The molecule has 1 aromatic rings. The third-order valence-electron chi connectivity index (χ3n) is 2.20. The molecular weight excluding hydrogens is 219 g/mol. The topological polar surface area (TPSA) is 34.1 Å². The molecule has 17 heavy (non-hydrogen) atoms. The van der Waals surface area contributed by atoms with E-state index >= 15 is 0 Å². The lowest BCUT2D eigenvalue weighted by Gasteiger charge is -2.11. The van der Waals surface area contributed by atoms with E-state index < -0.39 is 0 Å². The lowest BCUT2D eigenvalue weighted by molar-refractivity contribution is 0.293. The molecule has 1 rings (SSSR count). The molecule has 94 valence electrons. The Labute approximate surface area is 102 Å². The Morgan fingerprint density at radius 1 is 1.59 bits per heavy atom. The molecule has 0 spiro atoms. The van der Waals surface area contributed by atoms with Gasteiger partial charge in [-0.3, -0.25) is 0 Å². The summed E-state index contributed by atoms with van der Waals surface area (Å²) in [6, 6.07) is 1.97. The Morgan fingerprint density at radius 2 is 2.35 bits per heavy atom. The Kier molecular flexibility index (Phi) is 5.63. The summed E-state index contributed by atoms with van der Waals surface area (Å²) in [6.45, 7) is 8.48. The first-order valence-electron chi connectivity index (χ1n) is 5.75. The molecule has 0 aromatic carbocycles. The number of halogens is 1. The summed E-state index contributed by atoms with van der Waals surface area (Å²) < 4.78 is 19.1. The van der Waals surface area contributed by atoms with Crippen LogP contribution in [0.25, 0.3) is 0 Å². The highest BCUT2D eigenvalue weighted by atomic mass is 19.1. The molecule has 0 aliphatic carbocycles. The summed E-state index contributed by atoms with van der Waals surface area (Å²) in [6.07, 6.45) is 3.96. The predicted molar refractivity (Wildman–Crippen MR) is 66.5 cm³/mol. The van der Waals surface area contributed by atoms with Crippen molar-refractivity contribution in [2.24, 2.45) is 0 Å². The van der Waals surface area contributed by atoms with Crippen LogP contribution < -0.4 is 10.1 Å². The maximum Gasteiger partial charge on any atom is 0.250 e. The SMILES string of the molecule is C=CCCOc1nccc(CNC(C)C)c1F. The molecular formula is C13H19FN2O. The Hall–Kier alpha value is -1.42. The van der Waals surface area contributed by atoms with Crippen molar-refractivity contribution in [1.82, 2.24) is 10.3 Å². The van der Waals surface area contributed by atoms with Crippen LogP contribution in [-0.4, -0.2) is 17.6 Å². The van der Waals surface area contributed by atoms with Gasteiger partial charge in [-0.05, 0) is 12.5 Å². The molecule has 0 fully saturated rings. The number of nitrogens with zero attached hydrogens (tertiary/aromatic N) is 1. The highest BCUT2D eigenvalue weighted by Gasteiger charge is 2.10. The Morgan fingerprint density at radius 3 is 3.00 bits per heavy atom. The second-order valence-electron chi connectivity index (χ2n) is 4.05. The van der Waals surface area contributed by atoms with Crippen molar-refractivity contribution in [1.29, 1.82) is 0 Å². The highest BCUT2D eigenvalue weighted by Crippen LogP contribution is 2.17. The summed E-state index contributed by atoms with van der Waals surface area (Å²) in [5, 5.41) is 3.16. The van der Waals surface area contributed by atoms with E-state index in [0.29, 0.717) is 31.2 Å². The first-order valence-corrected chi connectivity index (χ1v) is 5.75. The Balaban J connectivity index is 2.65. The van der Waals surface area contributed by atoms with E-state index in [9.17, 15) is 4.39 Å². The Bertz CT molecular complexity index is 366. The van der Waals surface area contributed by atoms with E-state index in [2.05, 4.69) is 16.9 Å². The van der Waals surface area contributed by atoms with Gasteiger partial charge in [0.05, 0.1) is 6.61 Å². The van der Waals surface area contributed by atoms with Gasteiger partial charge in [0.25, 0.3) is 5.88 Å². The summed E-state index contributed by atoms with van der Waals surface area (Å²) in [4.78, 5) is 3.88. The van der Waals surface area contributed by atoms with Crippen molar-refractivity contribution in [3.63, 3.8) is 0 Å². The molecule has 0 aliphatic rings. The third kappa shape index (κ3) is 4.53. The molecule has 0 aliphatic heterocycles. The minimum absolute atomic E-state index is 0.0647. The fourth-order valence-corrected chi connectivity index (χ4v) is 1.25. The number of aromatic nitrogens is 1. The van der Waals surface area contributed by atoms with Crippen molar-refractivity contribution in [2.45, 2.75) is 32.9 Å². The predicted octanol–water partition coefficient (Wildman–Crippen LogP) is 2.67. The van der Waals surface area contributed by atoms with Gasteiger partial charge >= 0.3 is 0 Å². The van der Waals surface area contributed by atoms with Gasteiger partial charge in [-0.1, -0.05) is 19.9 Å². The third-order valence-corrected chi connectivity index (χ3v) is 2.20. The number of rotatable bonds is 7. The monoisotopic (exact) mass is 238 g/mol. The number of nitrogens with one attached hydrogen (secondary N) is 1.